The maximum atomic E-state index is 10.6. The summed E-state index contributed by atoms with van der Waals surface area (Å²) in [6, 6.07) is 7.98. The van der Waals surface area contributed by atoms with Crippen LogP contribution in [-0.2, 0) is 6.42 Å². The number of aldehydes is 1. The summed E-state index contributed by atoms with van der Waals surface area (Å²) in [7, 11) is 0. The molecule has 0 aliphatic carbocycles. The first-order valence-electron chi connectivity index (χ1n) is 8.13. The predicted octanol–water partition coefficient (Wildman–Crippen LogP) is 4.46. The van der Waals surface area contributed by atoms with Crippen molar-refractivity contribution in [1.29, 1.82) is 0 Å². The van der Waals surface area contributed by atoms with Crippen molar-refractivity contribution in [3.05, 3.63) is 47.7 Å². The van der Waals surface area contributed by atoms with Gasteiger partial charge >= 0.3 is 0 Å². The monoisotopic (exact) mass is 285 g/mol. The first kappa shape index (κ1) is 15.8. The third-order valence-corrected chi connectivity index (χ3v) is 4.60. The van der Waals surface area contributed by atoms with E-state index in [9.17, 15) is 4.79 Å². The van der Waals surface area contributed by atoms with Crippen LogP contribution in [0.15, 0.2) is 36.5 Å². The van der Waals surface area contributed by atoms with Gasteiger partial charge in [0.05, 0.1) is 0 Å². The first-order valence-corrected chi connectivity index (χ1v) is 8.13. The van der Waals surface area contributed by atoms with Gasteiger partial charge in [-0.05, 0) is 44.1 Å². The zero-order chi connectivity index (χ0) is 15.1. The van der Waals surface area contributed by atoms with E-state index in [1.54, 1.807) is 0 Å². The van der Waals surface area contributed by atoms with Gasteiger partial charge in [0.25, 0.3) is 0 Å². The molecular formula is C19H27NO. The lowest BCUT2D eigenvalue weighted by molar-refractivity contribution is 0.112. The smallest absolute Gasteiger partial charge is 0.150 e. The van der Waals surface area contributed by atoms with Crippen LogP contribution in [-0.4, -0.2) is 24.3 Å². The average Bonchev–Trinajstić information content (AvgIpc) is 2.52. The minimum atomic E-state index is 0.767. The summed E-state index contributed by atoms with van der Waals surface area (Å²) >= 11 is 0. The normalized spacial score (nSPS) is 16.0. The molecule has 21 heavy (non-hydrogen) atoms. The molecule has 1 aromatic rings. The molecule has 0 aromatic heterocycles. The van der Waals surface area contributed by atoms with Crippen LogP contribution in [0.1, 0.15) is 54.9 Å². The molecular weight excluding hydrogens is 258 g/mol. The lowest BCUT2D eigenvalue weighted by Crippen LogP contribution is -2.31. The molecule has 0 N–H and O–H groups in total. The number of unbranched alkanes of at least 4 members (excludes halogenated alkanes) is 1. The van der Waals surface area contributed by atoms with Gasteiger partial charge in [-0.15, -0.1) is 0 Å². The average molecular weight is 285 g/mol. The Bertz CT molecular complexity index is 455. The van der Waals surface area contributed by atoms with Crippen molar-refractivity contribution in [2.24, 2.45) is 5.92 Å². The Labute approximate surface area is 128 Å². The summed E-state index contributed by atoms with van der Waals surface area (Å²) in [5.74, 6) is 0.901. The van der Waals surface area contributed by atoms with Crippen molar-refractivity contribution >= 4 is 6.29 Å². The second-order valence-corrected chi connectivity index (χ2v) is 6.27. The number of allylic oxidation sites excluding steroid dienone is 1. The standard InChI is InChI=1S/C19H27NO/c1-16(2)20-13-11-18(12-14-20)6-4-3-5-17-7-9-19(15-21)10-8-17/h7-10,15,18H,1,3-6,11-14H2,2H3. The van der Waals surface area contributed by atoms with Crippen molar-refractivity contribution in [2.75, 3.05) is 13.1 Å². The quantitative estimate of drug-likeness (QED) is 0.544. The Hall–Kier alpha value is -1.57. The Kier molecular flexibility index (Phi) is 6.04. The fourth-order valence-electron chi connectivity index (χ4n) is 3.13. The molecule has 1 aliphatic rings. The molecule has 0 atom stereocenters. The van der Waals surface area contributed by atoms with Gasteiger partial charge in [-0.1, -0.05) is 43.7 Å². The third-order valence-electron chi connectivity index (χ3n) is 4.60. The highest BCUT2D eigenvalue weighted by Gasteiger charge is 2.18. The number of carbonyl (C=O) groups excluding carboxylic acids is 1. The molecule has 0 bridgehead atoms. The van der Waals surface area contributed by atoms with Gasteiger partial charge in [0.2, 0.25) is 0 Å². The van der Waals surface area contributed by atoms with E-state index >= 15 is 0 Å². The molecule has 0 spiro atoms. The predicted molar refractivity (Wildman–Crippen MR) is 88.5 cm³/mol. The number of likely N-dealkylation sites (tertiary alicyclic amines) is 1. The number of piperidine rings is 1. The molecule has 2 heteroatoms. The largest absolute Gasteiger partial charge is 0.376 e. The van der Waals surface area contributed by atoms with Crippen molar-refractivity contribution in [3.8, 4) is 0 Å². The van der Waals surface area contributed by atoms with Crippen LogP contribution in [0.2, 0.25) is 0 Å². The molecule has 114 valence electrons. The zero-order valence-electron chi connectivity index (χ0n) is 13.2. The Morgan fingerprint density at radius 1 is 1.24 bits per heavy atom. The SMILES string of the molecule is C=C(C)N1CCC(CCCCc2ccc(C=O)cc2)CC1. The molecule has 0 unspecified atom stereocenters. The number of benzene rings is 1. The molecule has 0 amide bonds. The molecule has 2 nitrogen and oxygen atoms in total. The lowest BCUT2D eigenvalue weighted by Gasteiger charge is -2.33. The molecule has 1 heterocycles. The van der Waals surface area contributed by atoms with E-state index in [-0.39, 0.29) is 0 Å². The van der Waals surface area contributed by atoms with Crippen LogP contribution >= 0.6 is 0 Å². The second kappa shape index (κ2) is 8.02. The summed E-state index contributed by atoms with van der Waals surface area (Å²) in [4.78, 5) is 13.0. The maximum Gasteiger partial charge on any atom is 0.150 e. The summed E-state index contributed by atoms with van der Waals surface area (Å²) in [5.41, 5.74) is 3.33. The van der Waals surface area contributed by atoms with E-state index in [1.807, 2.05) is 12.1 Å². The Morgan fingerprint density at radius 3 is 2.48 bits per heavy atom. The minimum absolute atomic E-state index is 0.767. The van der Waals surface area contributed by atoms with E-state index in [2.05, 4.69) is 30.5 Å². The molecule has 0 saturated carbocycles. The van der Waals surface area contributed by atoms with Crippen LogP contribution < -0.4 is 0 Å². The van der Waals surface area contributed by atoms with Crippen LogP contribution in [0, 0.1) is 5.92 Å². The van der Waals surface area contributed by atoms with Gasteiger partial charge in [-0.2, -0.15) is 0 Å². The topological polar surface area (TPSA) is 20.3 Å². The van der Waals surface area contributed by atoms with Gasteiger partial charge < -0.3 is 4.90 Å². The lowest BCUT2D eigenvalue weighted by atomic mass is 9.90. The summed E-state index contributed by atoms with van der Waals surface area (Å²) in [6.45, 7) is 8.51. The van der Waals surface area contributed by atoms with E-state index in [0.29, 0.717) is 0 Å². The van der Waals surface area contributed by atoms with Crippen LogP contribution in [0.4, 0.5) is 0 Å². The first-order chi connectivity index (χ1) is 10.2. The van der Waals surface area contributed by atoms with Gasteiger partial charge in [-0.3, -0.25) is 4.79 Å². The van der Waals surface area contributed by atoms with Crippen LogP contribution in [0.3, 0.4) is 0 Å². The Balaban J connectivity index is 1.61. The van der Waals surface area contributed by atoms with E-state index in [1.165, 1.54) is 56.5 Å². The summed E-state index contributed by atoms with van der Waals surface area (Å²) < 4.78 is 0. The number of aryl methyl sites for hydroxylation is 1. The van der Waals surface area contributed by atoms with E-state index < -0.39 is 0 Å². The van der Waals surface area contributed by atoms with Gasteiger partial charge in [-0.25, -0.2) is 0 Å². The molecule has 1 aliphatic heterocycles. The highest BCUT2D eigenvalue weighted by molar-refractivity contribution is 5.74. The fourth-order valence-corrected chi connectivity index (χ4v) is 3.13. The molecule has 1 fully saturated rings. The molecule has 1 saturated heterocycles. The van der Waals surface area contributed by atoms with Crippen molar-refractivity contribution in [1.82, 2.24) is 4.90 Å². The van der Waals surface area contributed by atoms with Gasteiger partial charge in [0.1, 0.15) is 6.29 Å². The van der Waals surface area contributed by atoms with Gasteiger partial charge in [0.15, 0.2) is 0 Å². The highest BCUT2D eigenvalue weighted by Crippen LogP contribution is 2.24. The third kappa shape index (κ3) is 5.04. The maximum absolute atomic E-state index is 10.6. The van der Waals surface area contributed by atoms with Crippen LogP contribution in [0.25, 0.3) is 0 Å². The van der Waals surface area contributed by atoms with Crippen LogP contribution in [0.5, 0.6) is 0 Å². The number of hydrogen-bond acceptors (Lipinski definition) is 2. The van der Waals surface area contributed by atoms with Gasteiger partial charge in [0, 0.05) is 24.4 Å². The Morgan fingerprint density at radius 2 is 1.90 bits per heavy atom. The van der Waals surface area contributed by atoms with Crippen molar-refractivity contribution < 1.29 is 4.79 Å². The van der Waals surface area contributed by atoms with E-state index in [4.69, 9.17) is 0 Å². The van der Waals surface area contributed by atoms with Crippen molar-refractivity contribution in [3.63, 3.8) is 0 Å². The zero-order valence-corrected chi connectivity index (χ0v) is 13.2. The summed E-state index contributed by atoms with van der Waals surface area (Å²) in [5, 5.41) is 0. The summed E-state index contributed by atoms with van der Waals surface area (Å²) in [6.07, 6.45) is 8.59. The van der Waals surface area contributed by atoms with Crippen molar-refractivity contribution in [2.45, 2.75) is 45.4 Å². The number of rotatable bonds is 7. The number of carbonyl (C=O) groups is 1. The number of nitrogens with zero attached hydrogens (tertiary/aromatic N) is 1. The van der Waals surface area contributed by atoms with E-state index in [0.717, 1.165) is 24.2 Å². The molecule has 1 aromatic carbocycles. The molecule has 0 radical (unpaired) electrons. The molecule has 2 rings (SSSR count). The number of hydrogen-bond donors (Lipinski definition) is 0. The fraction of sp³-hybridized carbons (Fsp3) is 0.526. The highest BCUT2D eigenvalue weighted by atomic mass is 16.1. The minimum Gasteiger partial charge on any atom is -0.376 e. The second-order valence-electron chi connectivity index (χ2n) is 6.27.